The third kappa shape index (κ3) is 4.01. The fraction of sp³-hybridized carbons (Fsp3) is 0.444. The van der Waals surface area contributed by atoms with Crippen molar-refractivity contribution in [2.75, 3.05) is 14.2 Å². The normalized spacial score (nSPS) is 17.3. The first-order valence-electron chi connectivity index (χ1n) is 8.04. The molecule has 0 spiro atoms. The van der Waals surface area contributed by atoms with Crippen molar-refractivity contribution in [1.29, 1.82) is 0 Å². The Morgan fingerprint density at radius 2 is 1.69 bits per heavy atom. The number of nitrogens with one attached hydrogen (secondary N) is 2. The van der Waals surface area contributed by atoms with Gasteiger partial charge in [-0.3, -0.25) is 0 Å². The van der Waals surface area contributed by atoms with Gasteiger partial charge in [-0.1, -0.05) is 0 Å². The molecule has 1 aromatic rings. The maximum Gasteiger partial charge on any atom is 0.338 e. The van der Waals surface area contributed by atoms with Crippen LogP contribution >= 0.6 is 0 Å². The van der Waals surface area contributed by atoms with Crippen LogP contribution in [0.4, 0.5) is 4.79 Å². The summed E-state index contributed by atoms with van der Waals surface area (Å²) in [5, 5.41) is 15.4. The molecule has 8 heteroatoms. The maximum atomic E-state index is 12.7. The first-order valence-corrected chi connectivity index (χ1v) is 8.04. The van der Waals surface area contributed by atoms with Crippen LogP contribution in [0.25, 0.3) is 0 Å². The molecule has 0 aromatic heterocycles. The summed E-state index contributed by atoms with van der Waals surface area (Å²) in [6, 6.07) is 1.82. The molecule has 0 bridgehead atoms. The number of methoxy groups -OCH3 is 2. The zero-order valence-corrected chi connectivity index (χ0v) is 15.7. The van der Waals surface area contributed by atoms with E-state index in [4.69, 9.17) is 14.2 Å². The van der Waals surface area contributed by atoms with Crippen LogP contribution in [-0.4, -0.2) is 36.9 Å². The predicted molar refractivity (Wildman–Crippen MR) is 94.2 cm³/mol. The highest BCUT2D eigenvalue weighted by atomic mass is 16.6. The first-order chi connectivity index (χ1) is 12.1. The fourth-order valence-electron chi connectivity index (χ4n) is 2.63. The topological polar surface area (TPSA) is 106 Å². The van der Waals surface area contributed by atoms with E-state index in [9.17, 15) is 14.7 Å². The lowest BCUT2D eigenvalue weighted by atomic mass is 9.94. The molecule has 0 radical (unpaired) electrons. The second-order valence-corrected chi connectivity index (χ2v) is 6.85. The number of hydrogen-bond donors (Lipinski definition) is 3. The van der Waals surface area contributed by atoms with E-state index in [0.717, 1.165) is 0 Å². The highest BCUT2D eigenvalue weighted by Crippen LogP contribution is 2.41. The molecule has 1 aromatic carbocycles. The highest BCUT2D eigenvalue weighted by Gasteiger charge is 2.35. The summed E-state index contributed by atoms with van der Waals surface area (Å²) in [6.07, 6.45) is 0. The number of aromatic hydroxyl groups is 1. The van der Waals surface area contributed by atoms with Crippen LogP contribution < -0.4 is 20.1 Å². The molecule has 1 atom stereocenters. The number of ether oxygens (including phenoxy) is 3. The zero-order valence-electron chi connectivity index (χ0n) is 15.7. The van der Waals surface area contributed by atoms with Crippen molar-refractivity contribution in [3.8, 4) is 17.2 Å². The largest absolute Gasteiger partial charge is 0.502 e. The van der Waals surface area contributed by atoms with Crippen molar-refractivity contribution in [2.45, 2.75) is 39.3 Å². The van der Waals surface area contributed by atoms with E-state index in [-0.39, 0.29) is 22.8 Å². The minimum Gasteiger partial charge on any atom is -0.502 e. The van der Waals surface area contributed by atoms with E-state index < -0.39 is 23.6 Å². The summed E-state index contributed by atoms with van der Waals surface area (Å²) < 4.78 is 15.8. The fourth-order valence-corrected chi connectivity index (χ4v) is 2.63. The quantitative estimate of drug-likeness (QED) is 0.708. The number of amides is 2. The second kappa shape index (κ2) is 7.15. The molecule has 1 heterocycles. The Morgan fingerprint density at radius 1 is 1.15 bits per heavy atom. The van der Waals surface area contributed by atoms with Gasteiger partial charge in [-0.25, -0.2) is 9.59 Å². The lowest BCUT2D eigenvalue weighted by Gasteiger charge is -2.30. The molecule has 3 N–H and O–H groups in total. The standard InChI is InChI=1S/C18H24N2O6/c1-9-13(16(22)26-18(2,3)4)14(20-17(23)19-9)10-7-11(24-5)15(21)12(8-10)25-6/h7-8,14,21H,1-6H3,(H2,19,20,23). The van der Waals surface area contributed by atoms with E-state index in [1.54, 1.807) is 27.7 Å². The molecule has 2 amide bonds. The van der Waals surface area contributed by atoms with Crippen LogP contribution in [0.15, 0.2) is 23.4 Å². The molecule has 1 unspecified atom stereocenters. The smallest absolute Gasteiger partial charge is 0.338 e. The average molecular weight is 364 g/mol. The second-order valence-electron chi connectivity index (χ2n) is 6.85. The minimum absolute atomic E-state index is 0.160. The summed E-state index contributed by atoms with van der Waals surface area (Å²) in [5.74, 6) is -0.404. The van der Waals surface area contributed by atoms with E-state index in [2.05, 4.69) is 10.6 Å². The number of hydrogen-bond acceptors (Lipinski definition) is 6. The van der Waals surface area contributed by atoms with Gasteiger partial charge in [0.05, 0.1) is 25.8 Å². The van der Waals surface area contributed by atoms with E-state index in [1.807, 2.05) is 0 Å². The number of carbonyl (C=O) groups excluding carboxylic acids is 2. The molecule has 26 heavy (non-hydrogen) atoms. The predicted octanol–water partition coefficient (Wildman–Crippen LogP) is 2.38. The molecular weight excluding hydrogens is 340 g/mol. The van der Waals surface area contributed by atoms with Gasteiger partial charge in [0.25, 0.3) is 0 Å². The van der Waals surface area contributed by atoms with Gasteiger partial charge in [0, 0.05) is 5.70 Å². The van der Waals surface area contributed by atoms with Gasteiger partial charge in [0.15, 0.2) is 11.5 Å². The Balaban J connectivity index is 2.56. The molecule has 8 nitrogen and oxygen atoms in total. The van der Waals surface area contributed by atoms with Crippen molar-refractivity contribution in [1.82, 2.24) is 10.6 Å². The van der Waals surface area contributed by atoms with E-state index in [1.165, 1.54) is 26.4 Å². The Hall–Kier alpha value is -2.90. The lowest BCUT2D eigenvalue weighted by molar-refractivity contribution is -0.150. The summed E-state index contributed by atoms with van der Waals surface area (Å²) in [5.41, 5.74) is 0.459. The number of urea groups is 1. The maximum absolute atomic E-state index is 12.7. The van der Waals surface area contributed by atoms with Gasteiger partial charge in [-0.15, -0.1) is 0 Å². The van der Waals surface area contributed by atoms with E-state index >= 15 is 0 Å². The number of esters is 1. The van der Waals surface area contributed by atoms with Crippen LogP contribution in [0.1, 0.15) is 39.3 Å². The van der Waals surface area contributed by atoms with Crippen molar-refractivity contribution in [2.24, 2.45) is 0 Å². The summed E-state index contributed by atoms with van der Waals surface area (Å²) >= 11 is 0. The monoisotopic (exact) mass is 364 g/mol. The molecule has 0 aliphatic carbocycles. The van der Waals surface area contributed by atoms with Crippen LogP contribution in [0.3, 0.4) is 0 Å². The van der Waals surface area contributed by atoms with Crippen molar-refractivity contribution >= 4 is 12.0 Å². The molecule has 2 rings (SSSR count). The van der Waals surface area contributed by atoms with Crippen LogP contribution in [0.2, 0.25) is 0 Å². The number of rotatable bonds is 4. The first kappa shape index (κ1) is 19.4. The number of phenols is 1. The van der Waals surface area contributed by atoms with Crippen LogP contribution in [0.5, 0.6) is 17.2 Å². The molecular formula is C18H24N2O6. The Labute approximate surface area is 152 Å². The molecule has 0 saturated carbocycles. The SMILES string of the molecule is COc1cc(C2NC(=O)NC(C)=C2C(=O)OC(C)(C)C)cc(OC)c1O. The van der Waals surface area contributed by atoms with Crippen molar-refractivity contribution in [3.05, 3.63) is 29.0 Å². The van der Waals surface area contributed by atoms with Gasteiger partial charge in [-0.2, -0.15) is 0 Å². The zero-order chi connectivity index (χ0) is 19.6. The average Bonchev–Trinajstić information content (AvgIpc) is 2.52. The van der Waals surface area contributed by atoms with E-state index in [0.29, 0.717) is 11.3 Å². The van der Waals surface area contributed by atoms with Gasteiger partial charge >= 0.3 is 12.0 Å². The molecule has 1 aliphatic rings. The Bertz CT molecular complexity index is 738. The molecule has 0 saturated heterocycles. The number of benzene rings is 1. The third-order valence-electron chi connectivity index (χ3n) is 3.72. The molecule has 142 valence electrons. The van der Waals surface area contributed by atoms with Crippen molar-refractivity contribution < 1.29 is 28.9 Å². The Kier molecular flexibility index (Phi) is 5.34. The molecule has 1 aliphatic heterocycles. The lowest BCUT2D eigenvalue weighted by Crippen LogP contribution is -2.46. The number of phenolic OH excluding ortho intramolecular Hbond substituents is 1. The highest BCUT2D eigenvalue weighted by molar-refractivity contribution is 5.95. The molecule has 0 fully saturated rings. The van der Waals surface area contributed by atoms with Crippen LogP contribution in [-0.2, 0) is 9.53 Å². The van der Waals surface area contributed by atoms with Gasteiger partial charge in [0.2, 0.25) is 5.75 Å². The Morgan fingerprint density at radius 3 is 2.15 bits per heavy atom. The summed E-state index contributed by atoms with van der Waals surface area (Å²) in [7, 11) is 2.80. The van der Waals surface area contributed by atoms with Gasteiger partial charge < -0.3 is 30.0 Å². The third-order valence-corrected chi connectivity index (χ3v) is 3.72. The summed E-state index contributed by atoms with van der Waals surface area (Å²) in [4.78, 5) is 24.7. The van der Waals surface area contributed by atoms with Gasteiger partial charge in [-0.05, 0) is 45.4 Å². The summed E-state index contributed by atoms with van der Waals surface area (Å²) in [6.45, 7) is 6.91. The van der Waals surface area contributed by atoms with Gasteiger partial charge in [0.1, 0.15) is 5.60 Å². The minimum atomic E-state index is -0.790. The van der Waals surface area contributed by atoms with Crippen molar-refractivity contribution in [3.63, 3.8) is 0 Å². The number of allylic oxidation sites excluding steroid dienone is 1. The van der Waals surface area contributed by atoms with Crippen LogP contribution in [0, 0.1) is 0 Å². The number of carbonyl (C=O) groups is 2.